The standard InChI is InChI=1S/2C24H30N2O6/c1-27-19-5-3-7-21-23(19)29-15-17(31-21)13-25-9-11-26(12-10-25)14-18-16-30-24-20(28-2)6-4-8-22(24)32-18;1-27-19-5-3-7-21-23(19)31-17(15-29-21)13-25-9-11-26(12-10-25)14-18-16-30-22-8-4-6-20(28-2)24(22)32-18/h2*3-8,17-18H,9-16H2,1-2H3. The average Bonchev–Trinajstić information content (AvgIpc) is 3.34. The van der Waals surface area contributed by atoms with Gasteiger partial charge in [0.1, 0.15) is 50.8 Å². The Morgan fingerprint density at radius 2 is 0.641 bits per heavy atom. The van der Waals surface area contributed by atoms with Crippen molar-refractivity contribution in [2.45, 2.75) is 24.4 Å². The Bertz CT molecular complexity index is 1980. The first-order chi connectivity index (χ1) is 31.5. The molecule has 4 aromatic rings. The molecule has 2 fully saturated rings. The molecule has 64 heavy (non-hydrogen) atoms. The summed E-state index contributed by atoms with van der Waals surface area (Å²) in [4.78, 5) is 9.74. The number of benzene rings is 4. The topological polar surface area (TPSA) is 124 Å². The molecule has 344 valence electrons. The molecule has 6 heterocycles. The van der Waals surface area contributed by atoms with Crippen LogP contribution in [0.15, 0.2) is 72.8 Å². The number of hydrogen-bond acceptors (Lipinski definition) is 16. The van der Waals surface area contributed by atoms with E-state index in [9.17, 15) is 0 Å². The Labute approximate surface area is 375 Å². The van der Waals surface area contributed by atoms with E-state index in [0.29, 0.717) is 72.4 Å². The summed E-state index contributed by atoms with van der Waals surface area (Å²) in [6.07, 6.45) is 0.0132. The summed E-state index contributed by atoms with van der Waals surface area (Å²) in [5, 5.41) is 0. The molecule has 6 aliphatic heterocycles. The minimum atomic E-state index is -0.00982. The number of piperazine rings is 2. The van der Waals surface area contributed by atoms with Gasteiger partial charge in [0.2, 0.25) is 23.0 Å². The summed E-state index contributed by atoms with van der Waals surface area (Å²) in [5.74, 6) is 8.66. The van der Waals surface area contributed by atoms with Crippen LogP contribution in [0.3, 0.4) is 0 Å². The van der Waals surface area contributed by atoms with Gasteiger partial charge in [0.15, 0.2) is 46.0 Å². The predicted octanol–water partition coefficient (Wildman–Crippen LogP) is 4.60. The van der Waals surface area contributed by atoms with Gasteiger partial charge in [-0.2, -0.15) is 0 Å². The minimum Gasteiger partial charge on any atom is -0.493 e. The van der Waals surface area contributed by atoms with E-state index in [1.165, 1.54) is 0 Å². The van der Waals surface area contributed by atoms with E-state index in [0.717, 1.165) is 102 Å². The number of fused-ring (bicyclic) bond motifs is 4. The lowest BCUT2D eigenvalue weighted by Crippen LogP contribution is -2.53. The van der Waals surface area contributed by atoms with E-state index in [1.807, 2.05) is 72.8 Å². The van der Waals surface area contributed by atoms with Crippen LogP contribution in [0.4, 0.5) is 0 Å². The van der Waals surface area contributed by atoms with E-state index in [2.05, 4.69) is 19.6 Å². The molecule has 4 unspecified atom stereocenters. The highest BCUT2D eigenvalue weighted by Crippen LogP contribution is 2.43. The summed E-state index contributed by atoms with van der Waals surface area (Å²) in [6.45, 7) is 13.4. The van der Waals surface area contributed by atoms with E-state index in [-0.39, 0.29) is 24.4 Å². The summed E-state index contributed by atoms with van der Waals surface area (Å²) in [6, 6.07) is 22.9. The molecule has 6 aliphatic rings. The maximum atomic E-state index is 6.21. The Hall–Kier alpha value is -5.68. The molecule has 10 rings (SSSR count). The maximum Gasteiger partial charge on any atom is 0.204 e. The molecule has 16 heteroatoms. The number of nitrogens with zero attached hydrogens (tertiary/aromatic N) is 4. The fourth-order valence-electron chi connectivity index (χ4n) is 8.92. The molecular weight excluding hydrogens is 825 g/mol. The Balaban J connectivity index is 0.000000162. The van der Waals surface area contributed by atoms with Gasteiger partial charge in [0, 0.05) is 78.5 Å². The van der Waals surface area contributed by atoms with Gasteiger partial charge in [-0.15, -0.1) is 0 Å². The van der Waals surface area contributed by atoms with Gasteiger partial charge >= 0.3 is 0 Å². The highest BCUT2D eigenvalue weighted by Gasteiger charge is 2.32. The molecule has 4 atom stereocenters. The number of para-hydroxylation sites is 4. The van der Waals surface area contributed by atoms with Crippen LogP contribution < -0.4 is 56.8 Å². The van der Waals surface area contributed by atoms with Gasteiger partial charge in [0.05, 0.1) is 28.4 Å². The van der Waals surface area contributed by atoms with Crippen LogP contribution in [-0.2, 0) is 0 Å². The smallest absolute Gasteiger partial charge is 0.204 e. The van der Waals surface area contributed by atoms with E-state index < -0.39 is 0 Å². The molecule has 0 N–H and O–H groups in total. The van der Waals surface area contributed by atoms with Crippen LogP contribution in [0.5, 0.6) is 69.0 Å². The first-order valence-electron chi connectivity index (χ1n) is 22.2. The van der Waals surface area contributed by atoms with Gasteiger partial charge in [-0.05, 0) is 48.5 Å². The van der Waals surface area contributed by atoms with Crippen LogP contribution in [0, 0.1) is 0 Å². The summed E-state index contributed by atoms with van der Waals surface area (Å²) >= 11 is 0. The largest absolute Gasteiger partial charge is 0.493 e. The van der Waals surface area contributed by atoms with Crippen molar-refractivity contribution in [1.29, 1.82) is 0 Å². The molecule has 4 aromatic carbocycles. The molecule has 0 aliphatic carbocycles. The molecule has 2 saturated heterocycles. The Morgan fingerprint density at radius 3 is 0.969 bits per heavy atom. The van der Waals surface area contributed by atoms with Gasteiger partial charge in [-0.1, -0.05) is 24.3 Å². The fraction of sp³-hybridized carbons (Fsp3) is 0.500. The number of rotatable bonds is 12. The monoisotopic (exact) mass is 884 g/mol. The molecule has 0 amide bonds. The lowest BCUT2D eigenvalue weighted by atomic mass is 10.2. The van der Waals surface area contributed by atoms with Gasteiger partial charge in [-0.3, -0.25) is 19.6 Å². The van der Waals surface area contributed by atoms with Gasteiger partial charge < -0.3 is 56.8 Å². The Morgan fingerprint density at radius 1 is 0.359 bits per heavy atom. The summed E-state index contributed by atoms with van der Waals surface area (Å²) in [5.41, 5.74) is 0. The second-order valence-electron chi connectivity index (χ2n) is 16.6. The first kappa shape index (κ1) is 43.6. The van der Waals surface area contributed by atoms with Crippen molar-refractivity contribution >= 4 is 0 Å². The molecule has 0 spiro atoms. The second-order valence-corrected chi connectivity index (χ2v) is 16.6. The normalized spacial score (nSPS) is 22.9. The molecule has 0 aromatic heterocycles. The van der Waals surface area contributed by atoms with Gasteiger partial charge in [-0.25, -0.2) is 0 Å². The van der Waals surface area contributed by atoms with Crippen LogP contribution in [0.25, 0.3) is 0 Å². The molecule has 0 radical (unpaired) electrons. The first-order valence-corrected chi connectivity index (χ1v) is 22.2. The zero-order chi connectivity index (χ0) is 43.8. The van der Waals surface area contributed by atoms with Crippen LogP contribution in [0.1, 0.15) is 0 Å². The summed E-state index contributed by atoms with van der Waals surface area (Å²) < 4.78 is 70.0. The maximum absolute atomic E-state index is 6.21. The van der Waals surface area contributed by atoms with Crippen LogP contribution in [0.2, 0.25) is 0 Å². The third-order valence-corrected chi connectivity index (χ3v) is 12.3. The van der Waals surface area contributed by atoms with Crippen LogP contribution >= 0.6 is 0 Å². The van der Waals surface area contributed by atoms with Crippen molar-refractivity contribution in [3.8, 4) is 69.0 Å². The highest BCUT2D eigenvalue weighted by molar-refractivity contribution is 5.54. The van der Waals surface area contributed by atoms with Crippen molar-refractivity contribution in [1.82, 2.24) is 19.6 Å². The van der Waals surface area contributed by atoms with Crippen LogP contribution in [-0.4, -0.2) is 177 Å². The quantitative estimate of drug-likeness (QED) is 0.197. The van der Waals surface area contributed by atoms with Gasteiger partial charge in [0.25, 0.3) is 0 Å². The zero-order valence-corrected chi connectivity index (χ0v) is 37.2. The predicted molar refractivity (Wildman–Crippen MR) is 237 cm³/mol. The second kappa shape index (κ2) is 20.4. The lowest BCUT2D eigenvalue weighted by molar-refractivity contribution is 0.0184. The van der Waals surface area contributed by atoms with Crippen molar-refractivity contribution in [3.05, 3.63) is 72.8 Å². The number of ether oxygens (including phenoxy) is 12. The van der Waals surface area contributed by atoms with E-state index >= 15 is 0 Å². The Kier molecular flexibility index (Phi) is 13.9. The highest BCUT2D eigenvalue weighted by atomic mass is 16.6. The van der Waals surface area contributed by atoms with Crippen molar-refractivity contribution in [2.75, 3.05) is 133 Å². The third kappa shape index (κ3) is 10.1. The lowest BCUT2D eigenvalue weighted by Gasteiger charge is -2.39. The van der Waals surface area contributed by atoms with Crippen molar-refractivity contribution in [2.24, 2.45) is 0 Å². The van der Waals surface area contributed by atoms with E-state index in [4.69, 9.17) is 56.8 Å². The third-order valence-electron chi connectivity index (χ3n) is 12.3. The molecule has 0 saturated carbocycles. The van der Waals surface area contributed by atoms with E-state index in [1.54, 1.807) is 28.4 Å². The van der Waals surface area contributed by atoms with Crippen molar-refractivity contribution < 1.29 is 56.8 Å². The van der Waals surface area contributed by atoms with Crippen molar-refractivity contribution in [3.63, 3.8) is 0 Å². The minimum absolute atomic E-state index is 0.00982. The summed E-state index contributed by atoms with van der Waals surface area (Å²) in [7, 11) is 6.59. The number of methoxy groups -OCH3 is 4. The zero-order valence-electron chi connectivity index (χ0n) is 37.2. The SMILES string of the molecule is COc1cccc2c1OC(CN1CCN(CC3COc4cccc(OC)c4O3)CC1)CO2.COc1cccc2c1OCC(CN1CCN(CC3COc4c(OC)cccc4O3)CC1)O2. The number of hydrogen-bond donors (Lipinski definition) is 0. The average molecular weight is 885 g/mol. The molecular formula is C48H60N4O12. The molecule has 0 bridgehead atoms. The fourth-order valence-corrected chi connectivity index (χ4v) is 8.92. The molecule has 16 nitrogen and oxygen atoms in total.